The number of hydrogen-bond donors (Lipinski definition) is 1. The van der Waals surface area contributed by atoms with Crippen LogP contribution in [0.3, 0.4) is 0 Å². The molecule has 172 valence electrons. The average molecular weight is 457 g/mol. The Morgan fingerprint density at radius 1 is 1.22 bits per heavy atom. The van der Waals surface area contributed by atoms with Gasteiger partial charge in [-0.1, -0.05) is 12.1 Å². The number of hydrogen-bond acceptors (Lipinski definition) is 5. The lowest BCUT2D eigenvalue weighted by Crippen LogP contribution is -2.37. The molecular formula is C25H32N2O4S. The van der Waals surface area contributed by atoms with Crippen molar-refractivity contribution in [1.82, 2.24) is 9.47 Å². The van der Waals surface area contributed by atoms with E-state index in [9.17, 15) is 9.59 Å². The van der Waals surface area contributed by atoms with Crippen LogP contribution in [0.1, 0.15) is 30.2 Å². The van der Waals surface area contributed by atoms with Crippen molar-refractivity contribution in [3.05, 3.63) is 51.3 Å². The first-order chi connectivity index (χ1) is 15.4. The number of aryl methyl sites for hydroxylation is 2. The SMILES string of the molecule is CO.COc1cc(-c2cn(C)c(=O)c3cc(CC4CCN(C(C)=O)CC4)sc23)ccc1C. The van der Waals surface area contributed by atoms with Crippen molar-refractivity contribution in [3.8, 4) is 16.9 Å². The van der Waals surface area contributed by atoms with E-state index in [1.807, 2.05) is 31.1 Å². The molecule has 1 fully saturated rings. The number of thiophene rings is 1. The topological polar surface area (TPSA) is 71.8 Å². The van der Waals surface area contributed by atoms with Crippen molar-refractivity contribution < 1.29 is 14.6 Å². The van der Waals surface area contributed by atoms with E-state index in [1.54, 1.807) is 29.9 Å². The van der Waals surface area contributed by atoms with Gasteiger partial charge in [0, 0.05) is 55.5 Å². The Balaban J connectivity index is 0.00000141. The lowest BCUT2D eigenvalue weighted by molar-refractivity contribution is -0.130. The maximum atomic E-state index is 12.8. The number of amides is 1. The lowest BCUT2D eigenvalue weighted by atomic mass is 9.93. The zero-order valence-electron chi connectivity index (χ0n) is 19.5. The van der Waals surface area contributed by atoms with Gasteiger partial charge in [-0.15, -0.1) is 11.3 Å². The maximum Gasteiger partial charge on any atom is 0.259 e. The molecule has 1 aliphatic rings. The Kier molecular flexibility index (Phi) is 7.74. The van der Waals surface area contributed by atoms with Crippen LogP contribution < -0.4 is 10.3 Å². The summed E-state index contributed by atoms with van der Waals surface area (Å²) < 4.78 is 8.23. The highest BCUT2D eigenvalue weighted by molar-refractivity contribution is 7.19. The molecule has 3 aromatic rings. The van der Waals surface area contributed by atoms with E-state index in [1.165, 1.54) is 4.88 Å². The molecule has 7 heteroatoms. The van der Waals surface area contributed by atoms with Gasteiger partial charge in [-0.25, -0.2) is 0 Å². The predicted octanol–water partition coefficient (Wildman–Crippen LogP) is 3.99. The maximum absolute atomic E-state index is 12.8. The molecule has 0 unspecified atom stereocenters. The zero-order chi connectivity index (χ0) is 23.4. The summed E-state index contributed by atoms with van der Waals surface area (Å²) in [5, 5.41) is 7.79. The summed E-state index contributed by atoms with van der Waals surface area (Å²) in [6.07, 6.45) is 4.94. The van der Waals surface area contributed by atoms with Crippen molar-refractivity contribution in [3.63, 3.8) is 0 Å². The standard InChI is InChI=1S/C24H28N2O3S.CH4O/c1-15-5-6-18(12-22(15)29-4)21-14-25(3)24(28)20-13-19(30-23(20)21)11-17-7-9-26(10-8-17)16(2)27;1-2/h5-6,12-14,17H,7-11H2,1-4H3;2H,1H3. The van der Waals surface area contributed by atoms with Crippen LogP contribution >= 0.6 is 11.3 Å². The first kappa shape index (κ1) is 24.0. The molecule has 6 nitrogen and oxygen atoms in total. The van der Waals surface area contributed by atoms with Crippen LogP contribution in [-0.2, 0) is 18.3 Å². The summed E-state index contributed by atoms with van der Waals surface area (Å²) in [7, 11) is 4.49. The second kappa shape index (κ2) is 10.3. The van der Waals surface area contributed by atoms with Gasteiger partial charge in [0.2, 0.25) is 5.91 Å². The fourth-order valence-corrected chi connectivity index (χ4v) is 5.63. The number of carbonyl (C=O) groups is 1. The third-order valence-electron chi connectivity index (χ3n) is 6.17. The third-order valence-corrected chi connectivity index (χ3v) is 7.36. The first-order valence-electron chi connectivity index (χ1n) is 10.8. The molecular weight excluding hydrogens is 424 g/mol. The number of ether oxygens (including phenoxy) is 1. The smallest absolute Gasteiger partial charge is 0.259 e. The van der Waals surface area contributed by atoms with Gasteiger partial charge in [-0.3, -0.25) is 9.59 Å². The van der Waals surface area contributed by atoms with E-state index in [4.69, 9.17) is 9.84 Å². The van der Waals surface area contributed by atoms with Gasteiger partial charge in [0.1, 0.15) is 5.75 Å². The van der Waals surface area contributed by atoms with Crippen molar-refractivity contribution in [2.24, 2.45) is 13.0 Å². The predicted molar refractivity (Wildman–Crippen MR) is 131 cm³/mol. The summed E-state index contributed by atoms with van der Waals surface area (Å²) in [6, 6.07) is 8.27. The third kappa shape index (κ3) is 4.89. The van der Waals surface area contributed by atoms with E-state index in [2.05, 4.69) is 18.2 Å². The molecule has 0 radical (unpaired) electrons. The number of likely N-dealkylation sites (tertiary alicyclic amines) is 1. The van der Waals surface area contributed by atoms with Crippen LogP contribution in [0, 0.1) is 12.8 Å². The van der Waals surface area contributed by atoms with Gasteiger partial charge in [0.15, 0.2) is 0 Å². The van der Waals surface area contributed by atoms with Crippen molar-refractivity contribution >= 4 is 27.3 Å². The zero-order valence-corrected chi connectivity index (χ0v) is 20.3. The second-order valence-electron chi connectivity index (χ2n) is 8.25. The van der Waals surface area contributed by atoms with E-state index in [0.717, 1.165) is 72.0 Å². The quantitative estimate of drug-likeness (QED) is 0.644. The minimum atomic E-state index is 0.0433. The number of carbonyl (C=O) groups excluding carboxylic acids is 1. The summed E-state index contributed by atoms with van der Waals surface area (Å²) in [5.41, 5.74) is 3.25. The number of piperidine rings is 1. The highest BCUT2D eigenvalue weighted by Crippen LogP contribution is 2.36. The van der Waals surface area contributed by atoms with E-state index in [-0.39, 0.29) is 11.5 Å². The number of aliphatic hydroxyl groups is 1. The molecule has 1 N–H and O–H groups in total. The fraction of sp³-hybridized carbons (Fsp3) is 0.440. The van der Waals surface area contributed by atoms with Crippen LogP contribution in [0.25, 0.3) is 21.2 Å². The molecule has 0 atom stereocenters. The van der Waals surface area contributed by atoms with Crippen LogP contribution in [0.15, 0.2) is 35.3 Å². The minimum Gasteiger partial charge on any atom is -0.496 e. The molecule has 1 amide bonds. The molecule has 3 heterocycles. The van der Waals surface area contributed by atoms with Gasteiger partial charge >= 0.3 is 0 Å². The molecule has 0 spiro atoms. The van der Waals surface area contributed by atoms with Gasteiger partial charge in [0.05, 0.1) is 12.5 Å². The Labute approximate surface area is 193 Å². The molecule has 1 saturated heterocycles. The molecule has 0 saturated carbocycles. The molecule has 1 aromatic carbocycles. The molecule has 4 rings (SSSR count). The fourth-order valence-electron chi connectivity index (χ4n) is 4.33. The Morgan fingerprint density at radius 2 is 1.91 bits per heavy atom. The molecule has 2 aromatic heterocycles. The minimum absolute atomic E-state index is 0.0433. The van der Waals surface area contributed by atoms with Crippen molar-refractivity contribution in [1.29, 1.82) is 0 Å². The van der Waals surface area contributed by atoms with Crippen LogP contribution in [-0.4, -0.2) is 47.8 Å². The van der Waals surface area contributed by atoms with Gasteiger partial charge in [-0.05, 0) is 55.4 Å². The molecule has 0 aliphatic carbocycles. The molecule has 32 heavy (non-hydrogen) atoms. The largest absolute Gasteiger partial charge is 0.496 e. The number of fused-ring (bicyclic) bond motifs is 1. The monoisotopic (exact) mass is 456 g/mol. The number of aromatic nitrogens is 1. The summed E-state index contributed by atoms with van der Waals surface area (Å²) in [6.45, 7) is 5.34. The highest BCUT2D eigenvalue weighted by atomic mass is 32.1. The Bertz CT molecular complexity index is 1160. The number of benzene rings is 1. The lowest BCUT2D eigenvalue weighted by Gasteiger charge is -2.31. The summed E-state index contributed by atoms with van der Waals surface area (Å²) >= 11 is 1.73. The van der Waals surface area contributed by atoms with Crippen molar-refractivity contribution in [2.75, 3.05) is 27.3 Å². The summed E-state index contributed by atoms with van der Waals surface area (Å²) in [5.74, 6) is 1.57. The molecule has 0 bridgehead atoms. The second-order valence-corrected chi connectivity index (χ2v) is 9.39. The molecule has 1 aliphatic heterocycles. The van der Waals surface area contributed by atoms with Crippen molar-refractivity contribution in [2.45, 2.75) is 33.1 Å². The van der Waals surface area contributed by atoms with Crippen LogP contribution in [0.4, 0.5) is 0 Å². The average Bonchev–Trinajstić information content (AvgIpc) is 3.22. The first-order valence-corrected chi connectivity index (χ1v) is 11.7. The van der Waals surface area contributed by atoms with Gasteiger partial charge in [0.25, 0.3) is 5.56 Å². The van der Waals surface area contributed by atoms with Gasteiger partial charge in [-0.2, -0.15) is 0 Å². The Morgan fingerprint density at radius 3 is 2.53 bits per heavy atom. The van der Waals surface area contributed by atoms with E-state index < -0.39 is 0 Å². The highest BCUT2D eigenvalue weighted by Gasteiger charge is 2.22. The number of pyridine rings is 1. The number of aliphatic hydroxyl groups excluding tert-OH is 1. The van der Waals surface area contributed by atoms with E-state index >= 15 is 0 Å². The van der Waals surface area contributed by atoms with Gasteiger partial charge < -0.3 is 19.3 Å². The number of methoxy groups -OCH3 is 1. The Hall–Kier alpha value is -2.64. The van der Waals surface area contributed by atoms with Crippen LogP contribution in [0.5, 0.6) is 5.75 Å². The van der Waals surface area contributed by atoms with E-state index in [0.29, 0.717) is 5.92 Å². The summed E-state index contributed by atoms with van der Waals surface area (Å²) in [4.78, 5) is 27.6. The number of rotatable bonds is 4. The van der Waals surface area contributed by atoms with Crippen LogP contribution in [0.2, 0.25) is 0 Å². The number of nitrogens with zero attached hydrogens (tertiary/aromatic N) is 2. The normalized spacial score (nSPS) is 14.2.